The summed E-state index contributed by atoms with van der Waals surface area (Å²) in [5, 5.41) is 0. The molecule has 3 nitrogen and oxygen atoms in total. The molecule has 1 rings (SSSR count). The third-order valence-electron chi connectivity index (χ3n) is 4.64. The van der Waals surface area contributed by atoms with Crippen LogP contribution in [0, 0.1) is 0 Å². The van der Waals surface area contributed by atoms with Crippen molar-refractivity contribution in [3.63, 3.8) is 0 Å². The summed E-state index contributed by atoms with van der Waals surface area (Å²) in [5.41, 5.74) is 6.26. The van der Waals surface area contributed by atoms with Crippen LogP contribution in [0.4, 0.5) is 0 Å². The van der Waals surface area contributed by atoms with Crippen molar-refractivity contribution in [2.75, 3.05) is 14.2 Å². The van der Waals surface area contributed by atoms with Crippen molar-refractivity contribution >= 4 is 0 Å². The van der Waals surface area contributed by atoms with E-state index in [1.54, 1.807) is 7.11 Å². The second-order valence-electron chi connectivity index (χ2n) is 6.29. The van der Waals surface area contributed by atoms with Crippen LogP contribution in [0.1, 0.15) is 65.2 Å². The molecule has 1 atom stereocenters. The molecule has 0 aromatic rings. The molecule has 3 heteroatoms. The van der Waals surface area contributed by atoms with Crippen molar-refractivity contribution in [3.05, 3.63) is 0 Å². The lowest BCUT2D eigenvalue weighted by Crippen LogP contribution is -2.50. The van der Waals surface area contributed by atoms with Gasteiger partial charge >= 0.3 is 0 Å². The van der Waals surface area contributed by atoms with E-state index in [0.717, 1.165) is 25.7 Å². The van der Waals surface area contributed by atoms with Gasteiger partial charge in [-0.15, -0.1) is 0 Å². The SMILES string of the molecule is COC(C)(C)CCC(N)C1(OC)CCCCCC1. The van der Waals surface area contributed by atoms with Gasteiger partial charge in [0.05, 0.1) is 11.2 Å². The maximum Gasteiger partial charge on any atom is 0.0828 e. The summed E-state index contributed by atoms with van der Waals surface area (Å²) in [6.07, 6.45) is 9.30. The van der Waals surface area contributed by atoms with Crippen LogP contribution in [0.2, 0.25) is 0 Å². The normalized spacial score (nSPS) is 22.5. The summed E-state index contributed by atoms with van der Waals surface area (Å²) < 4.78 is 11.3. The largest absolute Gasteiger partial charge is 0.379 e. The quantitative estimate of drug-likeness (QED) is 0.743. The molecule has 2 N–H and O–H groups in total. The van der Waals surface area contributed by atoms with E-state index in [9.17, 15) is 0 Å². The molecule has 0 aliphatic heterocycles. The number of rotatable bonds is 6. The Labute approximate surface area is 112 Å². The summed E-state index contributed by atoms with van der Waals surface area (Å²) in [6.45, 7) is 4.23. The molecule has 1 saturated carbocycles. The topological polar surface area (TPSA) is 44.5 Å². The molecule has 0 radical (unpaired) electrons. The number of hydrogen-bond acceptors (Lipinski definition) is 3. The highest BCUT2D eigenvalue weighted by atomic mass is 16.5. The van der Waals surface area contributed by atoms with E-state index in [2.05, 4.69) is 13.8 Å². The first-order valence-electron chi connectivity index (χ1n) is 7.32. The fourth-order valence-electron chi connectivity index (χ4n) is 2.92. The van der Waals surface area contributed by atoms with E-state index < -0.39 is 0 Å². The Morgan fingerprint density at radius 3 is 2.11 bits per heavy atom. The Morgan fingerprint density at radius 1 is 1.11 bits per heavy atom. The fraction of sp³-hybridized carbons (Fsp3) is 1.00. The molecule has 18 heavy (non-hydrogen) atoms. The molecule has 1 fully saturated rings. The molecule has 0 heterocycles. The van der Waals surface area contributed by atoms with Crippen LogP contribution in [0.15, 0.2) is 0 Å². The van der Waals surface area contributed by atoms with Crippen molar-refractivity contribution < 1.29 is 9.47 Å². The molecule has 1 aliphatic carbocycles. The van der Waals surface area contributed by atoms with Gasteiger partial charge in [0.2, 0.25) is 0 Å². The highest BCUT2D eigenvalue weighted by Crippen LogP contribution is 2.34. The van der Waals surface area contributed by atoms with E-state index in [1.165, 1.54) is 25.7 Å². The van der Waals surface area contributed by atoms with Crippen molar-refractivity contribution in [3.8, 4) is 0 Å². The molecular formula is C15H31NO2. The fourth-order valence-corrected chi connectivity index (χ4v) is 2.92. The van der Waals surface area contributed by atoms with Crippen molar-refractivity contribution in [2.45, 2.75) is 82.5 Å². The Bertz CT molecular complexity index is 233. The summed E-state index contributed by atoms with van der Waals surface area (Å²) in [4.78, 5) is 0. The lowest BCUT2D eigenvalue weighted by molar-refractivity contribution is -0.0534. The van der Waals surface area contributed by atoms with Gasteiger partial charge < -0.3 is 15.2 Å². The molecule has 0 saturated heterocycles. The van der Waals surface area contributed by atoms with Crippen molar-refractivity contribution in [1.82, 2.24) is 0 Å². The zero-order valence-electron chi connectivity index (χ0n) is 12.6. The molecule has 1 aliphatic rings. The van der Waals surface area contributed by atoms with Gasteiger partial charge in [-0.1, -0.05) is 25.7 Å². The second-order valence-corrected chi connectivity index (χ2v) is 6.29. The Morgan fingerprint density at radius 2 is 1.67 bits per heavy atom. The van der Waals surface area contributed by atoms with Crippen LogP contribution in [-0.4, -0.2) is 31.5 Å². The summed E-state index contributed by atoms with van der Waals surface area (Å²) in [6, 6.07) is 0.120. The van der Waals surface area contributed by atoms with Crippen molar-refractivity contribution in [2.24, 2.45) is 5.73 Å². The van der Waals surface area contributed by atoms with Crippen LogP contribution >= 0.6 is 0 Å². The maximum atomic E-state index is 6.44. The molecule has 0 aromatic heterocycles. The van der Waals surface area contributed by atoms with Gasteiger partial charge in [-0.25, -0.2) is 0 Å². The van der Waals surface area contributed by atoms with E-state index in [-0.39, 0.29) is 17.2 Å². The predicted molar refractivity (Wildman–Crippen MR) is 75.7 cm³/mol. The van der Waals surface area contributed by atoms with Crippen LogP contribution in [-0.2, 0) is 9.47 Å². The zero-order valence-corrected chi connectivity index (χ0v) is 12.6. The first kappa shape index (κ1) is 15.9. The average Bonchev–Trinajstić information content (AvgIpc) is 2.62. The Kier molecular flexibility index (Phi) is 6.09. The van der Waals surface area contributed by atoms with Gasteiger partial charge in [0.1, 0.15) is 0 Å². The Balaban J connectivity index is 2.57. The number of nitrogens with two attached hydrogens (primary N) is 1. The van der Waals surface area contributed by atoms with Gasteiger partial charge in [0.15, 0.2) is 0 Å². The van der Waals surface area contributed by atoms with Crippen molar-refractivity contribution in [1.29, 1.82) is 0 Å². The summed E-state index contributed by atoms with van der Waals surface area (Å²) in [7, 11) is 3.59. The number of ether oxygens (including phenoxy) is 2. The van der Waals surface area contributed by atoms with Crippen LogP contribution < -0.4 is 5.73 Å². The van der Waals surface area contributed by atoms with E-state index in [4.69, 9.17) is 15.2 Å². The third-order valence-corrected chi connectivity index (χ3v) is 4.64. The van der Waals surface area contributed by atoms with Gasteiger partial charge in [-0.05, 0) is 39.5 Å². The third kappa shape index (κ3) is 4.22. The van der Waals surface area contributed by atoms with E-state index in [1.807, 2.05) is 7.11 Å². The molecule has 0 aromatic carbocycles. The summed E-state index contributed by atoms with van der Waals surface area (Å²) in [5.74, 6) is 0. The highest BCUT2D eigenvalue weighted by molar-refractivity contribution is 4.93. The molecular weight excluding hydrogens is 226 g/mol. The summed E-state index contributed by atoms with van der Waals surface area (Å²) >= 11 is 0. The van der Waals surface area contributed by atoms with Crippen LogP contribution in [0.5, 0.6) is 0 Å². The minimum absolute atomic E-state index is 0.0860. The molecule has 108 valence electrons. The molecule has 0 bridgehead atoms. The van der Waals surface area contributed by atoms with E-state index in [0.29, 0.717) is 0 Å². The first-order valence-corrected chi connectivity index (χ1v) is 7.32. The van der Waals surface area contributed by atoms with Crippen LogP contribution in [0.25, 0.3) is 0 Å². The highest BCUT2D eigenvalue weighted by Gasteiger charge is 2.37. The average molecular weight is 257 g/mol. The Hall–Kier alpha value is -0.120. The lowest BCUT2D eigenvalue weighted by atomic mass is 9.82. The first-order chi connectivity index (χ1) is 8.46. The van der Waals surface area contributed by atoms with Gasteiger partial charge in [0.25, 0.3) is 0 Å². The smallest absolute Gasteiger partial charge is 0.0828 e. The minimum Gasteiger partial charge on any atom is -0.379 e. The van der Waals surface area contributed by atoms with Gasteiger partial charge in [-0.2, -0.15) is 0 Å². The zero-order chi connectivity index (χ0) is 13.6. The number of hydrogen-bond donors (Lipinski definition) is 1. The number of methoxy groups -OCH3 is 2. The van der Waals surface area contributed by atoms with Crippen LogP contribution in [0.3, 0.4) is 0 Å². The molecule has 1 unspecified atom stereocenters. The van der Waals surface area contributed by atoms with Gasteiger partial charge in [-0.3, -0.25) is 0 Å². The van der Waals surface area contributed by atoms with Gasteiger partial charge in [0, 0.05) is 20.3 Å². The lowest BCUT2D eigenvalue weighted by Gasteiger charge is -2.38. The molecule has 0 amide bonds. The second kappa shape index (κ2) is 6.88. The monoisotopic (exact) mass is 257 g/mol. The predicted octanol–water partition coefficient (Wildman–Crippen LogP) is 3.26. The maximum absolute atomic E-state index is 6.44. The standard InChI is InChI=1S/C15H31NO2/c1-14(2,17-3)12-9-13(16)15(18-4)10-7-5-6-8-11-15/h13H,5-12,16H2,1-4H3. The minimum atomic E-state index is -0.0969. The van der Waals surface area contributed by atoms with E-state index >= 15 is 0 Å². The molecule has 0 spiro atoms.